The molecule has 0 saturated heterocycles. The molecule has 3 rings (SSSR count). The number of hydrogen-bond acceptors (Lipinski definition) is 5. The van der Waals surface area contributed by atoms with Crippen molar-refractivity contribution in [2.45, 2.75) is 72.1 Å². The van der Waals surface area contributed by atoms with Crippen LogP contribution in [-0.4, -0.2) is 53.8 Å². The van der Waals surface area contributed by atoms with Gasteiger partial charge in [-0.1, -0.05) is 70.5 Å². The summed E-state index contributed by atoms with van der Waals surface area (Å²) in [6, 6.07) is 15.3. The number of benzene rings is 2. The predicted molar refractivity (Wildman–Crippen MR) is 165 cm³/mol. The van der Waals surface area contributed by atoms with Gasteiger partial charge in [0.25, 0.3) is 5.91 Å². The lowest BCUT2D eigenvalue weighted by molar-refractivity contribution is -0.125. The molecule has 8 heteroatoms. The summed E-state index contributed by atoms with van der Waals surface area (Å²) in [6.45, 7) is 9.76. The first-order chi connectivity index (χ1) is 19.7. The Kier molecular flexibility index (Phi) is 12.2. The number of ether oxygens (including phenoxy) is 1. The Hall–Kier alpha value is -3.36. The molecule has 0 bridgehead atoms. The van der Waals surface area contributed by atoms with Gasteiger partial charge in [0.05, 0.1) is 25.3 Å². The summed E-state index contributed by atoms with van der Waals surface area (Å²) in [5.41, 5.74) is 9.03. The van der Waals surface area contributed by atoms with Crippen LogP contribution in [-0.2, 0) is 11.3 Å². The molecule has 41 heavy (non-hydrogen) atoms. The van der Waals surface area contributed by atoms with E-state index in [9.17, 15) is 14.7 Å². The van der Waals surface area contributed by atoms with E-state index in [0.29, 0.717) is 38.0 Å². The van der Waals surface area contributed by atoms with Gasteiger partial charge in [-0.3, -0.25) is 9.59 Å². The standard InChI is InChI=1S/C33H48N4O4/c1-6-7-16-35-32(39)23(4)17-30(38)28(34)18-25(22(2)3)19-36-33(40)27-21-37(29-14-10-9-13-26(27)29)20-24-12-8-11-15-31(24)41-5/h8-15,21-23,25,28,30,38H,6-7,16-20,34H2,1-5H3,(H,35,39)(H,36,40). The Balaban J connectivity index is 1.65. The summed E-state index contributed by atoms with van der Waals surface area (Å²) in [7, 11) is 1.66. The number of methoxy groups -OCH3 is 1. The Bertz CT molecular complexity index is 1270. The fraction of sp³-hybridized carbons (Fsp3) is 0.515. The Labute approximate surface area is 244 Å². The molecule has 8 nitrogen and oxygen atoms in total. The van der Waals surface area contributed by atoms with Gasteiger partial charge in [0, 0.05) is 47.7 Å². The number of aliphatic hydroxyl groups excluding tert-OH is 1. The first-order valence-electron chi connectivity index (χ1n) is 14.8. The third kappa shape index (κ3) is 8.81. The van der Waals surface area contributed by atoms with Gasteiger partial charge >= 0.3 is 0 Å². The summed E-state index contributed by atoms with van der Waals surface area (Å²) in [5, 5.41) is 17.7. The van der Waals surface area contributed by atoms with Crippen LogP contribution in [0.25, 0.3) is 10.9 Å². The topological polar surface area (TPSA) is 119 Å². The molecular weight excluding hydrogens is 516 g/mol. The highest BCUT2D eigenvalue weighted by molar-refractivity contribution is 6.07. The van der Waals surface area contributed by atoms with E-state index >= 15 is 0 Å². The lowest BCUT2D eigenvalue weighted by Crippen LogP contribution is -2.42. The molecule has 0 fully saturated rings. The number of nitrogens with two attached hydrogens (primary N) is 1. The molecular formula is C33H48N4O4. The summed E-state index contributed by atoms with van der Waals surface area (Å²) in [6.07, 6.45) is 3.90. The molecule has 2 aromatic carbocycles. The molecule has 0 aliphatic rings. The second-order valence-electron chi connectivity index (χ2n) is 11.5. The van der Waals surface area contributed by atoms with Gasteiger partial charge in [0.15, 0.2) is 0 Å². The van der Waals surface area contributed by atoms with Crippen molar-refractivity contribution in [1.29, 1.82) is 0 Å². The number of para-hydroxylation sites is 2. The van der Waals surface area contributed by atoms with E-state index < -0.39 is 12.1 Å². The van der Waals surface area contributed by atoms with E-state index in [1.807, 2.05) is 61.7 Å². The average molecular weight is 565 g/mol. The van der Waals surface area contributed by atoms with E-state index in [2.05, 4.69) is 36.0 Å². The smallest absolute Gasteiger partial charge is 0.253 e. The fourth-order valence-electron chi connectivity index (χ4n) is 5.20. The van der Waals surface area contributed by atoms with Gasteiger partial charge in [-0.2, -0.15) is 0 Å². The van der Waals surface area contributed by atoms with E-state index in [1.165, 1.54) is 0 Å². The van der Waals surface area contributed by atoms with Gasteiger partial charge < -0.3 is 30.8 Å². The monoisotopic (exact) mass is 564 g/mol. The Morgan fingerprint density at radius 1 is 1.02 bits per heavy atom. The number of aromatic nitrogens is 1. The molecule has 4 unspecified atom stereocenters. The molecule has 0 aliphatic heterocycles. The number of nitrogens with zero attached hydrogens (tertiary/aromatic N) is 1. The van der Waals surface area contributed by atoms with Crippen LogP contribution in [0.15, 0.2) is 54.7 Å². The number of aliphatic hydroxyl groups is 1. The molecule has 0 aliphatic carbocycles. The normalized spacial score (nSPS) is 14.4. The highest BCUT2D eigenvalue weighted by Gasteiger charge is 2.26. The molecule has 224 valence electrons. The van der Waals surface area contributed by atoms with Crippen molar-refractivity contribution < 1.29 is 19.4 Å². The molecule has 4 atom stereocenters. The minimum absolute atomic E-state index is 0.0535. The highest BCUT2D eigenvalue weighted by Crippen LogP contribution is 2.26. The van der Waals surface area contributed by atoms with Gasteiger partial charge in [-0.25, -0.2) is 0 Å². The first-order valence-corrected chi connectivity index (χ1v) is 14.8. The van der Waals surface area contributed by atoms with Crippen molar-refractivity contribution >= 4 is 22.7 Å². The molecule has 2 amide bonds. The third-order valence-electron chi connectivity index (χ3n) is 7.98. The number of rotatable bonds is 16. The quantitative estimate of drug-likeness (QED) is 0.188. The van der Waals surface area contributed by atoms with Crippen molar-refractivity contribution in [3.05, 3.63) is 65.9 Å². The summed E-state index contributed by atoms with van der Waals surface area (Å²) in [4.78, 5) is 25.8. The van der Waals surface area contributed by atoms with Crippen LogP contribution in [0.4, 0.5) is 0 Å². The average Bonchev–Trinajstić information content (AvgIpc) is 3.33. The van der Waals surface area contributed by atoms with Crippen LogP contribution in [0.3, 0.4) is 0 Å². The van der Waals surface area contributed by atoms with Gasteiger partial charge in [0.2, 0.25) is 5.91 Å². The maximum Gasteiger partial charge on any atom is 0.253 e. The number of nitrogens with one attached hydrogen (secondary N) is 2. The first kappa shape index (κ1) is 32.2. The maximum atomic E-state index is 13.4. The number of amides is 2. The summed E-state index contributed by atoms with van der Waals surface area (Å²) >= 11 is 0. The van der Waals surface area contributed by atoms with Crippen LogP contribution in [0.1, 0.15) is 69.3 Å². The summed E-state index contributed by atoms with van der Waals surface area (Å²) < 4.78 is 7.61. The Morgan fingerprint density at radius 3 is 2.44 bits per heavy atom. The van der Waals surface area contributed by atoms with Crippen molar-refractivity contribution in [3.8, 4) is 5.75 Å². The second kappa shape index (κ2) is 15.6. The molecule has 5 N–H and O–H groups in total. The number of fused-ring (bicyclic) bond motifs is 1. The minimum Gasteiger partial charge on any atom is -0.496 e. The van der Waals surface area contributed by atoms with Crippen molar-refractivity contribution in [2.24, 2.45) is 23.5 Å². The number of unbranched alkanes of at least 4 members (excludes halogenated alkanes) is 1. The minimum atomic E-state index is -0.799. The molecule has 3 aromatic rings. The van der Waals surface area contributed by atoms with Crippen LogP contribution < -0.4 is 21.1 Å². The molecule has 1 heterocycles. The van der Waals surface area contributed by atoms with Gasteiger partial charge in [-0.05, 0) is 43.2 Å². The van der Waals surface area contributed by atoms with Crippen LogP contribution in [0, 0.1) is 17.8 Å². The SMILES string of the molecule is CCCCNC(=O)C(C)CC(O)C(N)CC(CNC(=O)c1cn(Cc2ccccc2OC)c2ccccc12)C(C)C. The third-order valence-corrected chi connectivity index (χ3v) is 7.98. The lowest BCUT2D eigenvalue weighted by Gasteiger charge is -2.28. The van der Waals surface area contributed by atoms with E-state index in [1.54, 1.807) is 7.11 Å². The van der Waals surface area contributed by atoms with Gasteiger partial charge in [-0.15, -0.1) is 0 Å². The zero-order valence-electron chi connectivity index (χ0n) is 25.2. The summed E-state index contributed by atoms with van der Waals surface area (Å²) in [5.74, 6) is 0.605. The van der Waals surface area contributed by atoms with Gasteiger partial charge in [0.1, 0.15) is 5.75 Å². The van der Waals surface area contributed by atoms with E-state index in [-0.39, 0.29) is 29.6 Å². The zero-order chi connectivity index (χ0) is 29.9. The maximum absolute atomic E-state index is 13.4. The van der Waals surface area contributed by atoms with Crippen LogP contribution in [0.2, 0.25) is 0 Å². The van der Waals surface area contributed by atoms with E-state index in [4.69, 9.17) is 10.5 Å². The van der Waals surface area contributed by atoms with Crippen molar-refractivity contribution in [2.75, 3.05) is 20.2 Å². The van der Waals surface area contributed by atoms with Crippen LogP contribution in [0.5, 0.6) is 5.75 Å². The fourth-order valence-corrected chi connectivity index (χ4v) is 5.20. The molecule has 0 spiro atoms. The number of hydrogen-bond donors (Lipinski definition) is 4. The number of carbonyl (C=O) groups excluding carboxylic acids is 2. The molecule has 1 aromatic heterocycles. The Morgan fingerprint density at radius 2 is 1.73 bits per heavy atom. The lowest BCUT2D eigenvalue weighted by atomic mass is 9.86. The largest absolute Gasteiger partial charge is 0.496 e. The second-order valence-corrected chi connectivity index (χ2v) is 11.5. The van der Waals surface area contributed by atoms with Crippen molar-refractivity contribution in [1.82, 2.24) is 15.2 Å². The van der Waals surface area contributed by atoms with Crippen LogP contribution >= 0.6 is 0 Å². The predicted octanol–water partition coefficient (Wildman–Crippen LogP) is 4.72. The molecule has 0 saturated carbocycles. The zero-order valence-corrected chi connectivity index (χ0v) is 25.2. The molecule has 0 radical (unpaired) electrons. The van der Waals surface area contributed by atoms with Crippen molar-refractivity contribution in [3.63, 3.8) is 0 Å². The van der Waals surface area contributed by atoms with E-state index in [0.717, 1.165) is 35.1 Å². The highest BCUT2D eigenvalue weighted by atomic mass is 16.5. The number of carbonyl (C=O) groups is 2.